The van der Waals surface area contributed by atoms with E-state index in [1.807, 2.05) is 29.3 Å². The van der Waals surface area contributed by atoms with Gasteiger partial charge in [-0.05, 0) is 30.5 Å². The van der Waals surface area contributed by atoms with Gasteiger partial charge in [-0.1, -0.05) is 19.8 Å². The van der Waals surface area contributed by atoms with E-state index in [0.717, 1.165) is 42.3 Å². The minimum atomic E-state index is -0.0543. The quantitative estimate of drug-likeness (QED) is 0.517. The van der Waals surface area contributed by atoms with E-state index in [2.05, 4.69) is 21.9 Å². The molecule has 0 unspecified atom stereocenters. The summed E-state index contributed by atoms with van der Waals surface area (Å²) in [6.45, 7) is 4.64. The van der Waals surface area contributed by atoms with E-state index >= 15 is 0 Å². The third-order valence-electron chi connectivity index (χ3n) is 5.54. The smallest absolute Gasteiger partial charge is 0.325 e. The Morgan fingerprint density at radius 2 is 2.06 bits per heavy atom. The Bertz CT molecular complexity index is 1030. The fourth-order valence-electron chi connectivity index (χ4n) is 3.86. The van der Waals surface area contributed by atoms with Gasteiger partial charge >= 0.3 is 6.03 Å². The molecule has 1 N–H and O–H groups in total. The molecule has 1 aliphatic heterocycles. The Labute approximate surface area is 182 Å². The Kier molecular flexibility index (Phi) is 6.54. The Hall–Kier alpha value is -3.29. The summed E-state index contributed by atoms with van der Waals surface area (Å²) in [5.74, 6) is 1.78. The molecular formula is C23H29N5O3. The van der Waals surface area contributed by atoms with E-state index in [4.69, 9.17) is 9.47 Å². The lowest BCUT2D eigenvalue weighted by molar-refractivity contribution is 0.192. The summed E-state index contributed by atoms with van der Waals surface area (Å²) in [6, 6.07) is 5.72. The van der Waals surface area contributed by atoms with Crippen LogP contribution >= 0.6 is 0 Å². The van der Waals surface area contributed by atoms with Crippen LogP contribution in [0.3, 0.4) is 0 Å². The van der Waals surface area contributed by atoms with Crippen molar-refractivity contribution in [3.63, 3.8) is 0 Å². The zero-order chi connectivity index (χ0) is 21.6. The number of aromatic nitrogens is 3. The molecule has 0 bridgehead atoms. The molecule has 164 valence electrons. The van der Waals surface area contributed by atoms with Gasteiger partial charge in [-0.25, -0.2) is 14.8 Å². The molecule has 4 rings (SSSR count). The summed E-state index contributed by atoms with van der Waals surface area (Å²) in [7, 11) is 1.60. The number of unbranched alkanes of at least 4 members (excludes halogenated alkanes) is 2. The molecule has 0 radical (unpaired) electrons. The first kappa shape index (κ1) is 21.0. The second-order valence-electron chi connectivity index (χ2n) is 7.67. The van der Waals surface area contributed by atoms with Crippen molar-refractivity contribution in [1.82, 2.24) is 19.9 Å². The molecule has 1 saturated heterocycles. The van der Waals surface area contributed by atoms with Crippen molar-refractivity contribution >= 4 is 22.9 Å². The van der Waals surface area contributed by atoms with Crippen LogP contribution in [-0.4, -0.2) is 52.7 Å². The van der Waals surface area contributed by atoms with Crippen LogP contribution in [0.5, 0.6) is 11.5 Å². The highest BCUT2D eigenvalue weighted by Crippen LogP contribution is 2.31. The maximum atomic E-state index is 13.3. The maximum Gasteiger partial charge on any atom is 0.325 e. The van der Waals surface area contributed by atoms with Crippen molar-refractivity contribution in [3.8, 4) is 11.5 Å². The largest absolute Gasteiger partial charge is 0.491 e. The average Bonchev–Trinajstić information content (AvgIpc) is 3.28. The standard InChI is InChI=1S/C23H29N5O3/c1-3-4-5-13-31-19-14-21(26-15-20(19)30-2)28-12-6-11-27(23(28)29)16-17-7-9-24-22-18(17)8-10-25-22/h7-10,14-15H,3-6,11-13,16H2,1-2H3,(H,24,25). The van der Waals surface area contributed by atoms with Crippen LogP contribution in [0.25, 0.3) is 11.0 Å². The predicted molar refractivity (Wildman–Crippen MR) is 120 cm³/mol. The van der Waals surface area contributed by atoms with Crippen molar-refractivity contribution in [2.75, 3.05) is 31.7 Å². The lowest BCUT2D eigenvalue weighted by atomic mass is 10.1. The Morgan fingerprint density at radius 3 is 2.90 bits per heavy atom. The predicted octanol–water partition coefficient (Wildman–Crippen LogP) is 4.37. The molecule has 0 saturated carbocycles. The number of anilines is 1. The second-order valence-corrected chi connectivity index (χ2v) is 7.67. The molecule has 3 aromatic rings. The summed E-state index contributed by atoms with van der Waals surface area (Å²) >= 11 is 0. The summed E-state index contributed by atoms with van der Waals surface area (Å²) < 4.78 is 11.3. The van der Waals surface area contributed by atoms with Gasteiger partial charge < -0.3 is 19.4 Å². The lowest BCUT2D eigenvalue weighted by Gasteiger charge is -2.35. The van der Waals surface area contributed by atoms with Gasteiger partial charge in [0.05, 0.1) is 19.9 Å². The summed E-state index contributed by atoms with van der Waals surface area (Å²) in [5.41, 5.74) is 1.91. The molecule has 0 spiro atoms. The van der Waals surface area contributed by atoms with Crippen LogP contribution in [0, 0.1) is 0 Å². The number of carbonyl (C=O) groups is 1. The van der Waals surface area contributed by atoms with E-state index in [1.54, 1.807) is 24.4 Å². The normalized spacial score (nSPS) is 14.3. The van der Waals surface area contributed by atoms with E-state index in [1.165, 1.54) is 0 Å². The number of rotatable bonds is 9. The van der Waals surface area contributed by atoms with Crippen LogP contribution in [0.15, 0.2) is 36.8 Å². The molecule has 0 atom stereocenters. The van der Waals surface area contributed by atoms with Gasteiger partial charge in [0.15, 0.2) is 11.5 Å². The van der Waals surface area contributed by atoms with E-state index in [-0.39, 0.29) is 6.03 Å². The molecule has 8 heteroatoms. The highest BCUT2D eigenvalue weighted by atomic mass is 16.5. The number of hydrogen-bond donors (Lipinski definition) is 1. The number of nitrogens with zero attached hydrogens (tertiary/aromatic N) is 4. The molecule has 1 aliphatic rings. The van der Waals surface area contributed by atoms with Gasteiger partial charge in [0, 0.05) is 43.5 Å². The van der Waals surface area contributed by atoms with Gasteiger partial charge in [0.25, 0.3) is 0 Å². The Balaban J connectivity index is 1.51. The minimum absolute atomic E-state index is 0.0543. The van der Waals surface area contributed by atoms with Crippen molar-refractivity contribution in [2.45, 2.75) is 39.2 Å². The van der Waals surface area contributed by atoms with Crippen LogP contribution in [0.1, 0.15) is 38.2 Å². The number of fused-ring (bicyclic) bond motifs is 1. The van der Waals surface area contributed by atoms with Gasteiger partial charge in [-0.2, -0.15) is 0 Å². The molecule has 8 nitrogen and oxygen atoms in total. The topological polar surface area (TPSA) is 83.6 Å². The van der Waals surface area contributed by atoms with Gasteiger partial charge in [-0.15, -0.1) is 0 Å². The Morgan fingerprint density at radius 1 is 1.16 bits per heavy atom. The highest BCUT2D eigenvalue weighted by molar-refractivity contribution is 5.92. The fraction of sp³-hybridized carbons (Fsp3) is 0.435. The molecule has 3 aromatic heterocycles. The number of H-pyrrole nitrogens is 1. The summed E-state index contributed by atoms with van der Waals surface area (Å²) in [4.78, 5) is 28.8. The monoisotopic (exact) mass is 423 g/mol. The average molecular weight is 424 g/mol. The van der Waals surface area contributed by atoms with E-state index < -0.39 is 0 Å². The number of methoxy groups -OCH3 is 1. The highest BCUT2D eigenvalue weighted by Gasteiger charge is 2.28. The molecule has 2 amide bonds. The lowest BCUT2D eigenvalue weighted by Crippen LogP contribution is -2.49. The number of urea groups is 1. The number of nitrogens with one attached hydrogen (secondary N) is 1. The number of ether oxygens (including phenoxy) is 2. The van der Waals surface area contributed by atoms with Crippen molar-refractivity contribution in [1.29, 1.82) is 0 Å². The fourth-order valence-corrected chi connectivity index (χ4v) is 3.86. The van der Waals surface area contributed by atoms with Crippen molar-refractivity contribution < 1.29 is 14.3 Å². The van der Waals surface area contributed by atoms with Crippen LogP contribution < -0.4 is 14.4 Å². The van der Waals surface area contributed by atoms with Gasteiger partial charge in [-0.3, -0.25) is 4.90 Å². The van der Waals surface area contributed by atoms with E-state index in [0.29, 0.717) is 43.6 Å². The second kappa shape index (κ2) is 9.68. The van der Waals surface area contributed by atoms with Gasteiger partial charge in [0.1, 0.15) is 11.5 Å². The number of pyridine rings is 2. The zero-order valence-corrected chi connectivity index (χ0v) is 18.1. The van der Waals surface area contributed by atoms with Crippen LogP contribution in [0.4, 0.5) is 10.6 Å². The number of amides is 2. The molecule has 1 fully saturated rings. The molecule has 4 heterocycles. The molecule has 0 aromatic carbocycles. The SMILES string of the molecule is CCCCCOc1cc(N2CCCN(Cc3ccnc4[nH]ccc34)C2=O)ncc1OC. The molecule has 0 aliphatic carbocycles. The van der Waals surface area contributed by atoms with Gasteiger partial charge in [0.2, 0.25) is 0 Å². The first-order valence-corrected chi connectivity index (χ1v) is 10.9. The number of hydrogen-bond acceptors (Lipinski definition) is 5. The van der Waals surface area contributed by atoms with Crippen molar-refractivity contribution in [3.05, 3.63) is 42.4 Å². The van der Waals surface area contributed by atoms with Crippen LogP contribution in [-0.2, 0) is 6.54 Å². The maximum absolute atomic E-state index is 13.3. The number of aromatic amines is 1. The van der Waals surface area contributed by atoms with E-state index in [9.17, 15) is 4.79 Å². The minimum Gasteiger partial charge on any atom is -0.491 e. The zero-order valence-electron chi connectivity index (χ0n) is 18.1. The first-order valence-electron chi connectivity index (χ1n) is 10.9. The van der Waals surface area contributed by atoms with Crippen molar-refractivity contribution in [2.24, 2.45) is 0 Å². The number of carbonyl (C=O) groups excluding carboxylic acids is 1. The first-order chi connectivity index (χ1) is 15.2. The van der Waals surface area contributed by atoms with Crippen LogP contribution in [0.2, 0.25) is 0 Å². The summed E-state index contributed by atoms with van der Waals surface area (Å²) in [6.07, 6.45) is 9.36. The third kappa shape index (κ3) is 4.57. The molecular weight excluding hydrogens is 394 g/mol. The third-order valence-corrected chi connectivity index (χ3v) is 5.54. The molecule has 31 heavy (non-hydrogen) atoms. The summed E-state index contributed by atoms with van der Waals surface area (Å²) in [5, 5.41) is 1.04.